The Morgan fingerprint density at radius 2 is 0.675 bits per heavy atom. The molecular weight excluding hydrogens is 1040 g/mol. The summed E-state index contributed by atoms with van der Waals surface area (Å²) in [6.07, 6.45) is 45.1. The molecule has 0 aliphatic carbocycles. The van der Waals surface area contributed by atoms with Gasteiger partial charge in [-0.15, -0.1) is 0 Å². The molecule has 16 nitrogen and oxygen atoms in total. The number of hydrogen-bond donors (Lipinski definition) is 11. The molecule has 0 fully saturated rings. The highest BCUT2D eigenvalue weighted by Crippen LogP contribution is 2.18. The molecule has 0 bridgehead atoms. The third-order valence-corrected chi connectivity index (χ3v) is 16.5. The van der Waals surface area contributed by atoms with Crippen LogP contribution in [0.2, 0.25) is 0 Å². The Balaban J connectivity index is 3.71. The SMILES string of the molecule is CCCCN(CC(CCCCCCNC(=O)CCCCCCCCCCCCCCCCCCCCCCCNC(=O)CCCCCCCCCCCNC(=O)[C@H](O)[C@@H](O)[C@H](O)[C@@H](C)O)CN(CCCC)NCCCNC)NCCCNC. The third-order valence-electron chi connectivity index (χ3n) is 16.5. The number of amides is 3. The zero-order valence-electron chi connectivity index (χ0n) is 55.0. The van der Waals surface area contributed by atoms with E-state index in [-0.39, 0.29) is 11.8 Å². The molecule has 16 heteroatoms. The molecule has 0 unspecified atom stereocenters. The van der Waals surface area contributed by atoms with Crippen LogP contribution in [-0.2, 0) is 14.4 Å². The minimum absolute atomic E-state index is 0.188. The number of unbranched alkanes of at least 4 members (excludes halogenated alkanes) is 33. The maximum Gasteiger partial charge on any atom is 0.251 e. The molecule has 3 amide bonds. The second kappa shape index (κ2) is 63.0. The van der Waals surface area contributed by atoms with Crippen molar-refractivity contribution < 1.29 is 34.8 Å². The van der Waals surface area contributed by atoms with Crippen molar-refractivity contribution in [2.45, 2.75) is 321 Å². The molecule has 494 valence electrons. The van der Waals surface area contributed by atoms with Crippen LogP contribution in [0.5, 0.6) is 0 Å². The van der Waals surface area contributed by atoms with Crippen LogP contribution in [0.3, 0.4) is 0 Å². The Hall–Kier alpha value is -1.99. The van der Waals surface area contributed by atoms with E-state index in [1.54, 1.807) is 0 Å². The summed E-state index contributed by atoms with van der Waals surface area (Å²) in [5.74, 6) is 0.290. The van der Waals surface area contributed by atoms with Gasteiger partial charge in [0.15, 0.2) is 6.10 Å². The average molecular weight is 1180 g/mol. The third kappa shape index (κ3) is 55.1. The van der Waals surface area contributed by atoms with E-state index in [4.69, 9.17) is 0 Å². The van der Waals surface area contributed by atoms with E-state index in [0.29, 0.717) is 25.3 Å². The summed E-state index contributed by atoms with van der Waals surface area (Å²) in [6.45, 7) is 16.4. The number of aliphatic hydroxyl groups excluding tert-OH is 4. The summed E-state index contributed by atoms with van der Waals surface area (Å²) < 4.78 is 0. The van der Waals surface area contributed by atoms with E-state index in [1.165, 1.54) is 180 Å². The number of carbonyl (C=O) groups is 3. The van der Waals surface area contributed by atoms with Gasteiger partial charge < -0.3 is 47.0 Å². The molecule has 0 aromatic heterocycles. The van der Waals surface area contributed by atoms with Crippen molar-refractivity contribution in [1.82, 2.24) is 47.5 Å². The number of nitrogens with one attached hydrogen (secondary N) is 7. The van der Waals surface area contributed by atoms with Gasteiger partial charge in [0.05, 0.1) is 6.10 Å². The van der Waals surface area contributed by atoms with Gasteiger partial charge >= 0.3 is 0 Å². The smallest absolute Gasteiger partial charge is 0.251 e. The molecule has 0 aliphatic rings. The monoisotopic (exact) mass is 1180 g/mol. The van der Waals surface area contributed by atoms with Crippen molar-refractivity contribution in [3.8, 4) is 0 Å². The minimum Gasteiger partial charge on any atom is -0.391 e. The van der Waals surface area contributed by atoms with Gasteiger partial charge in [-0.25, -0.2) is 10.0 Å². The summed E-state index contributed by atoms with van der Waals surface area (Å²) in [5.41, 5.74) is 7.56. The standard InChI is InChI=1S/C67H139N9O7/c1-6-8-56-75(73-54-44-49-68-4)58-61(59-76(57-9-7-2)74-55-45-50-69-5)46-38-34-37-42-52-71-63(79)48-39-32-28-24-21-19-17-15-13-11-10-12-14-16-18-20-22-26-30-35-41-51-70-62(78)47-40-33-29-25-23-27-31-36-43-53-72-67(83)66(82)65(81)64(80)60(3)77/h60-61,64-66,68-69,73-74,77,80-82H,6-59H2,1-5H3,(H,70,78)(H,71,79)(H,72,83)/t60-,64-,65+,66-/m1/s1. The number of hydrazine groups is 2. The summed E-state index contributed by atoms with van der Waals surface area (Å²) >= 11 is 0. The topological polar surface area (TPSA) is 223 Å². The van der Waals surface area contributed by atoms with Crippen molar-refractivity contribution in [3.63, 3.8) is 0 Å². The summed E-state index contributed by atoms with van der Waals surface area (Å²) in [5, 5.41) is 59.1. The van der Waals surface area contributed by atoms with Gasteiger partial charge in [0.25, 0.3) is 5.91 Å². The zero-order chi connectivity index (χ0) is 60.9. The molecule has 0 saturated heterocycles. The fourth-order valence-electron chi connectivity index (χ4n) is 10.9. The summed E-state index contributed by atoms with van der Waals surface area (Å²) in [7, 11) is 4.07. The molecule has 0 rings (SSSR count). The van der Waals surface area contributed by atoms with E-state index < -0.39 is 30.3 Å². The Labute approximate surface area is 511 Å². The first-order valence-corrected chi connectivity index (χ1v) is 35.3. The Kier molecular flexibility index (Phi) is 61.5. The van der Waals surface area contributed by atoms with Gasteiger partial charge in [0.1, 0.15) is 12.2 Å². The first kappa shape index (κ1) is 81.0. The lowest BCUT2D eigenvalue weighted by molar-refractivity contribution is -0.145. The van der Waals surface area contributed by atoms with Crippen LogP contribution in [0.1, 0.15) is 297 Å². The number of rotatable bonds is 67. The second-order valence-electron chi connectivity index (χ2n) is 24.7. The minimum atomic E-state index is -1.78. The normalized spacial score (nSPS) is 13.3. The van der Waals surface area contributed by atoms with Gasteiger partial charge in [-0.3, -0.25) is 25.2 Å². The van der Waals surface area contributed by atoms with Crippen molar-refractivity contribution >= 4 is 17.7 Å². The van der Waals surface area contributed by atoms with Gasteiger partial charge in [0.2, 0.25) is 11.8 Å². The lowest BCUT2D eigenvalue weighted by Gasteiger charge is -2.32. The van der Waals surface area contributed by atoms with Crippen LogP contribution in [-0.4, -0.2) is 159 Å². The maximum atomic E-state index is 12.6. The molecule has 4 atom stereocenters. The van der Waals surface area contributed by atoms with E-state index in [0.717, 1.165) is 155 Å². The quantitative estimate of drug-likeness (QED) is 0.0202. The maximum absolute atomic E-state index is 12.6. The molecule has 0 saturated carbocycles. The molecule has 0 aromatic carbocycles. The number of aliphatic hydroxyl groups is 4. The van der Waals surface area contributed by atoms with E-state index in [1.807, 2.05) is 14.1 Å². The molecule has 0 radical (unpaired) electrons. The number of carbonyl (C=O) groups excluding carboxylic acids is 3. The second-order valence-corrected chi connectivity index (χ2v) is 24.7. The molecule has 0 heterocycles. The Morgan fingerprint density at radius 3 is 1.00 bits per heavy atom. The van der Waals surface area contributed by atoms with Gasteiger partial charge in [-0.05, 0) is 104 Å². The Bertz CT molecular complexity index is 1360. The van der Waals surface area contributed by atoms with Crippen LogP contribution in [0.15, 0.2) is 0 Å². The molecular formula is C67H139N9O7. The molecule has 83 heavy (non-hydrogen) atoms. The van der Waals surface area contributed by atoms with Crippen LogP contribution < -0.4 is 37.4 Å². The van der Waals surface area contributed by atoms with E-state index >= 15 is 0 Å². The molecule has 0 spiro atoms. The fourth-order valence-corrected chi connectivity index (χ4v) is 10.9. The lowest BCUT2D eigenvalue weighted by Crippen LogP contribution is -2.50. The van der Waals surface area contributed by atoms with Gasteiger partial charge in [0, 0.05) is 71.7 Å². The van der Waals surface area contributed by atoms with E-state index in [2.05, 4.69) is 61.3 Å². The van der Waals surface area contributed by atoms with Crippen LogP contribution in [0, 0.1) is 5.92 Å². The molecule has 11 N–H and O–H groups in total. The highest BCUT2D eigenvalue weighted by molar-refractivity contribution is 5.81. The predicted octanol–water partition coefficient (Wildman–Crippen LogP) is 11.3. The predicted molar refractivity (Wildman–Crippen MR) is 349 cm³/mol. The molecule has 0 aromatic rings. The zero-order valence-corrected chi connectivity index (χ0v) is 55.0. The summed E-state index contributed by atoms with van der Waals surface area (Å²) in [6, 6.07) is 0. The molecule has 0 aliphatic heterocycles. The Morgan fingerprint density at radius 1 is 0.361 bits per heavy atom. The number of nitrogens with zero attached hydrogens (tertiary/aromatic N) is 2. The first-order chi connectivity index (χ1) is 40.5. The largest absolute Gasteiger partial charge is 0.391 e. The van der Waals surface area contributed by atoms with Gasteiger partial charge in [-0.2, -0.15) is 0 Å². The van der Waals surface area contributed by atoms with Crippen molar-refractivity contribution in [1.29, 1.82) is 0 Å². The highest BCUT2D eigenvalue weighted by atomic mass is 16.4. The number of hydrogen-bond acceptors (Lipinski definition) is 13. The van der Waals surface area contributed by atoms with Crippen LogP contribution in [0.25, 0.3) is 0 Å². The van der Waals surface area contributed by atoms with Gasteiger partial charge in [-0.1, -0.05) is 213 Å². The lowest BCUT2D eigenvalue weighted by atomic mass is 9.99. The fraction of sp³-hybridized carbons (Fsp3) is 0.955. The first-order valence-electron chi connectivity index (χ1n) is 35.3. The highest BCUT2D eigenvalue weighted by Gasteiger charge is 2.32. The summed E-state index contributed by atoms with van der Waals surface area (Å²) in [4.78, 5) is 36.7. The average Bonchev–Trinajstić information content (AvgIpc) is 3.48. The van der Waals surface area contributed by atoms with Crippen LogP contribution >= 0.6 is 0 Å². The van der Waals surface area contributed by atoms with Crippen molar-refractivity contribution in [3.05, 3.63) is 0 Å². The van der Waals surface area contributed by atoms with Crippen molar-refractivity contribution in [2.24, 2.45) is 5.92 Å². The van der Waals surface area contributed by atoms with Crippen LogP contribution in [0.4, 0.5) is 0 Å². The van der Waals surface area contributed by atoms with E-state index in [9.17, 15) is 34.8 Å². The van der Waals surface area contributed by atoms with Crippen molar-refractivity contribution in [2.75, 3.05) is 86.1 Å².